The molecule has 0 saturated carbocycles. The number of anilines is 1. The van der Waals surface area contributed by atoms with Crippen LogP contribution in [0, 0.1) is 12.7 Å². The van der Waals surface area contributed by atoms with Crippen molar-refractivity contribution in [1.29, 1.82) is 0 Å². The minimum Gasteiger partial charge on any atom is -0.356 e. The summed E-state index contributed by atoms with van der Waals surface area (Å²) < 4.78 is 14.9. The molecule has 2 amide bonds. The molecular weight excluding hydrogens is 413 g/mol. The number of aromatic amines is 1. The second kappa shape index (κ2) is 7.75. The van der Waals surface area contributed by atoms with E-state index in [4.69, 9.17) is 11.6 Å². The van der Waals surface area contributed by atoms with E-state index >= 15 is 0 Å². The van der Waals surface area contributed by atoms with Gasteiger partial charge in [-0.15, -0.1) is 0 Å². The van der Waals surface area contributed by atoms with Crippen LogP contribution < -0.4 is 5.32 Å². The Bertz CT molecular complexity index is 1300. The zero-order valence-electron chi connectivity index (χ0n) is 17.0. The Balaban J connectivity index is 1.60. The van der Waals surface area contributed by atoms with Gasteiger partial charge in [0.25, 0.3) is 0 Å². The average molecular weight is 434 g/mol. The first kappa shape index (κ1) is 19.6. The highest BCUT2D eigenvalue weighted by atomic mass is 35.5. The standard InChI is InChI=1S/C25H21ClFN3O/c1-15-19(26)9-6-12-21(15)29-25(31)30-14-13-17-16-7-3-5-11-22(16)28-23(17)24(30)18-8-2-4-10-20(18)27/h2-12,24,28H,13-14H2,1H3,(H,29,31)/t24-/m0/s1. The fourth-order valence-corrected chi connectivity index (χ4v) is 4.58. The number of hydrogen-bond donors (Lipinski definition) is 2. The second-order valence-corrected chi connectivity index (χ2v) is 8.18. The number of fused-ring (bicyclic) bond motifs is 3. The lowest BCUT2D eigenvalue weighted by atomic mass is 9.92. The van der Waals surface area contributed by atoms with Crippen molar-refractivity contribution in [2.45, 2.75) is 19.4 Å². The summed E-state index contributed by atoms with van der Waals surface area (Å²) in [5.41, 5.74) is 4.88. The van der Waals surface area contributed by atoms with E-state index in [0.29, 0.717) is 29.2 Å². The summed E-state index contributed by atoms with van der Waals surface area (Å²) in [7, 11) is 0. The van der Waals surface area contributed by atoms with Crippen molar-refractivity contribution in [3.63, 3.8) is 0 Å². The van der Waals surface area contributed by atoms with Crippen LogP contribution in [-0.4, -0.2) is 22.5 Å². The quantitative estimate of drug-likeness (QED) is 0.375. The Labute approximate surface area is 184 Å². The van der Waals surface area contributed by atoms with Crippen LogP contribution in [0.4, 0.5) is 14.9 Å². The van der Waals surface area contributed by atoms with Crippen molar-refractivity contribution in [1.82, 2.24) is 9.88 Å². The van der Waals surface area contributed by atoms with Gasteiger partial charge in [-0.25, -0.2) is 9.18 Å². The molecule has 156 valence electrons. The minimum absolute atomic E-state index is 0.289. The van der Waals surface area contributed by atoms with Crippen LogP contribution in [0.1, 0.15) is 28.4 Å². The first-order valence-corrected chi connectivity index (χ1v) is 10.6. The molecule has 2 N–H and O–H groups in total. The van der Waals surface area contributed by atoms with Gasteiger partial charge in [0.15, 0.2) is 0 Å². The topological polar surface area (TPSA) is 48.1 Å². The maximum atomic E-state index is 14.9. The van der Waals surface area contributed by atoms with Gasteiger partial charge in [-0.3, -0.25) is 0 Å². The van der Waals surface area contributed by atoms with E-state index in [-0.39, 0.29) is 11.8 Å². The fraction of sp³-hybridized carbons (Fsp3) is 0.160. The van der Waals surface area contributed by atoms with Crippen molar-refractivity contribution in [2.24, 2.45) is 0 Å². The molecule has 31 heavy (non-hydrogen) atoms. The van der Waals surface area contributed by atoms with Crippen LogP contribution in [0.25, 0.3) is 10.9 Å². The van der Waals surface area contributed by atoms with Crippen molar-refractivity contribution >= 4 is 34.2 Å². The predicted molar refractivity (Wildman–Crippen MR) is 122 cm³/mol. The largest absolute Gasteiger partial charge is 0.356 e. The number of H-pyrrole nitrogens is 1. The number of halogens is 2. The Morgan fingerprint density at radius 3 is 2.71 bits per heavy atom. The van der Waals surface area contributed by atoms with E-state index in [1.165, 1.54) is 6.07 Å². The molecule has 0 saturated heterocycles. The van der Waals surface area contributed by atoms with Crippen LogP contribution in [0.15, 0.2) is 66.7 Å². The number of amides is 2. The maximum Gasteiger partial charge on any atom is 0.322 e. The smallest absolute Gasteiger partial charge is 0.322 e. The van der Waals surface area contributed by atoms with Gasteiger partial charge in [-0.1, -0.05) is 54.1 Å². The van der Waals surface area contributed by atoms with Crippen LogP contribution in [0.3, 0.4) is 0 Å². The molecule has 3 aromatic carbocycles. The average Bonchev–Trinajstić information content (AvgIpc) is 3.15. The van der Waals surface area contributed by atoms with Crippen molar-refractivity contribution in [3.05, 3.63) is 100.0 Å². The Kier molecular flexibility index (Phi) is 4.91. The number of nitrogens with one attached hydrogen (secondary N) is 2. The molecule has 4 aromatic rings. The highest BCUT2D eigenvalue weighted by Gasteiger charge is 2.36. The molecule has 5 rings (SSSR count). The minimum atomic E-state index is -0.558. The Morgan fingerprint density at radius 2 is 1.87 bits per heavy atom. The molecule has 1 atom stereocenters. The van der Waals surface area contributed by atoms with Crippen LogP contribution in [-0.2, 0) is 6.42 Å². The first-order valence-electron chi connectivity index (χ1n) is 10.2. The predicted octanol–water partition coefficient (Wildman–Crippen LogP) is 6.45. The summed E-state index contributed by atoms with van der Waals surface area (Å²) in [6.45, 7) is 2.33. The number of hydrogen-bond acceptors (Lipinski definition) is 1. The molecule has 0 radical (unpaired) electrons. The maximum absolute atomic E-state index is 14.9. The Hall–Kier alpha value is -3.31. The number of benzene rings is 3. The first-order chi connectivity index (χ1) is 15.0. The zero-order valence-corrected chi connectivity index (χ0v) is 17.7. The lowest BCUT2D eigenvalue weighted by molar-refractivity contribution is 0.192. The summed E-state index contributed by atoms with van der Waals surface area (Å²) in [5.74, 6) is -0.337. The molecule has 0 unspecified atom stereocenters. The van der Waals surface area contributed by atoms with Gasteiger partial charge < -0.3 is 15.2 Å². The third kappa shape index (κ3) is 3.35. The second-order valence-electron chi connectivity index (χ2n) is 7.77. The van der Waals surface area contributed by atoms with E-state index in [2.05, 4.69) is 16.4 Å². The van der Waals surface area contributed by atoms with Gasteiger partial charge >= 0.3 is 6.03 Å². The van der Waals surface area contributed by atoms with Gasteiger partial charge in [0.05, 0.1) is 0 Å². The van der Waals surface area contributed by atoms with E-state index in [0.717, 1.165) is 27.7 Å². The summed E-state index contributed by atoms with van der Waals surface area (Å²) in [4.78, 5) is 18.5. The van der Waals surface area contributed by atoms with Crippen molar-refractivity contribution < 1.29 is 9.18 Å². The van der Waals surface area contributed by atoms with E-state index < -0.39 is 6.04 Å². The van der Waals surface area contributed by atoms with E-state index in [1.807, 2.05) is 31.2 Å². The fourth-order valence-electron chi connectivity index (χ4n) is 4.41. The highest BCUT2D eigenvalue weighted by Crippen LogP contribution is 2.39. The molecule has 1 aromatic heterocycles. The number of aromatic nitrogens is 1. The SMILES string of the molecule is Cc1c(Cl)cccc1NC(=O)N1CCc2c([nH]c3ccccc23)[C@@H]1c1ccccc1F. The zero-order chi connectivity index (χ0) is 21.5. The van der Waals surface area contributed by atoms with Crippen LogP contribution >= 0.6 is 11.6 Å². The van der Waals surface area contributed by atoms with Crippen molar-refractivity contribution in [3.8, 4) is 0 Å². The number of para-hydroxylation sites is 1. The molecular formula is C25H21ClFN3O. The van der Waals surface area contributed by atoms with Gasteiger partial charge in [0.1, 0.15) is 11.9 Å². The number of rotatable bonds is 2. The Morgan fingerprint density at radius 1 is 1.10 bits per heavy atom. The normalized spacial score (nSPS) is 15.7. The number of carbonyl (C=O) groups excluding carboxylic acids is 1. The number of nitrogens with zero attached hydrogens (tertiary/aromatic N) is 1. The lowest BCUT2D eigenvalue weighted by Crippen LogP contribution is -2.43. The molecule has 0 spiro atoms. The number of carbonyl (C=O) groups is 1. The van der Waals surface area contributed by atoms with Crippen molar-refractivity contribution in [2.75, 3.05) is 11.9 Å². The van der Waals surface area contributed by atoms with E-state index in [9.17, 15) is 9.18 Å². The molecule has 0 bridgehead atoms. The lowest BCUT2D eigenvalue weighted by Gasteiger charge is -2.36. The van der Waals surface area contributed by atoms with Gasteiger partial charge in [0, 0.05) is 39.4 Å². The molecule has 0 aliphatic carbocycles. The van der Waals surface area contributed by atoms with Crippen LogP contribution in [0.5, 0.6) is 0 Å². The molecule has 4 nitrogen and oxygen atoms in total. The molecule has 1 aliphatic rings. The summed E-state index contributed by atoms with van der Waals surface area (Å²) in [6, 6.07) is 19.2. The number of urea groups is 1. The molecule has 6 heteroatoms. The van der Waals surface area contributed by atoms with Gasteiger partial charge in [-0.05, 0) is 48.7 Å². The molecule has 1 aliphatic heterocycles. The summed E-state index contributed by atoms with van der Waals surface area (Å²) in [6.07, 6.45) is 0.687. The van der Waals surface area contributed by atoms with Gasteiger partial charge in [0.2, 0.25) is 0 Å². The van der Waals surface area contributed by atoms with Crippen LogP contribution in [0.2, 0.25) is 5.02 Å². The molecule has 0 fully saturated rings. The summed E-state index contributed by atoms with van der Waals surface area (Å²) in [5, 5.41) is 4.67. The summed E-state index contributed by atoms with van der Waals surface area (Å²) >= 11 is 6.22. The van der Waals surface area contributed by atoms with E-state index in [1.54, 1.807) is 35.2 Å². The van der Waals surface area contributed by atoms with Gasteiger partial charge in [-0.2, -0.15) is 0 Å². The monoisotopic (exact) mass is 433 g/mol. The third-order valence-corrected chi connectivity index (χ3v) is 6.41. The molecule has 2 heterocycles. The third-order valence-electron chi connectivity index (χ3n) is 6.00. The highest BCUT2D eigenvalue weighted by molar-refractivity contribution is 6.31.